The Morgan fingerprint density at radius 2 is 1.82 bits per heavy atom. The van der Waals surface area contributed by atoms with E-state index in [1.807, 2.05) is 56.3 Å². The van der Waals surface area contributed by atoms with Crippen molar-refractivity contribution in [2.75, 3.05) is 5.32 Å². The number of carbonyl (C=O) groups excluding carboxylic acids is 2. The van der Waals surface area contributed by atoms with Crippen LogP contribution in [0.25, 0.3) is 26.4 Å². The maximum Gasteiger partial charge on any atom is 0.254 e. The predicted octanol–water partition coefficient (Wildman–Crippen LogP) is 4.29. The molecule has 3 heterocycles. The lowest BCUT2D eigenvalue weighted by atomic mass is 10.1. The third kappa shape index (κ3) is 4.01. The van der Waals surface area contributed by atoms with Crippen LogP contribution < -0.4 is 11.1 Å². The van der Waals surface area contributed by atoms with Gasteiger partial charge < -0.3 is 11.1 Å². The number of fused-ring (bicyclic) bond motifs is 2. The normalized spacial score (nSPS) is 11.2. The molecule has 0 aliphatic carbocycles. The first-order valence-electron chi connectivity index (χ1n) is 10.8. The Balaban J connectivity index is 1.26. The van der Waals surface area contributed by atoms with Crippen molar-refractivity contribution in [1.29, 1.82) is 0 Å². The monoisotopic (exact) mass is 470 g/mol. The number of rotatable bonds is 6. The molecule has 0 fully saturated rings. The molecule has 0 atom stereocenters. The Labute approximate surface area is 199 Å². The molecule has 0 radical (unpaired) electrons. The molecule has 0 aliphatic rings. The van der Waals surface area contributed by atoms with Crippen LogP contribution in [0.1, 0.15) is 33.7 Å². The Morgan fingerprint density at radius 1 is 1.06 bits per heavy atom. The van der Waals surface area contributed by atoms with E-state index in [0.717, 1.165) is 43.4 Å². The van der Waals surface area contributed by atoms with E-state index in [-0.39, 0.29) is 11.5 Å². The molecule has 8 nitrogen and oxygen atoms in total. The standard InChI is InChI=1S/C25H22N6O2S/c1-14-18(15(2)31-24(28-14)19(13-27-31)23(26)33)11-12-22(32)29-17-9-7-16(8-10-17)25-30-20-5-3-4-6-21(20)34-25/h3-10,13H,11-12H2,1-2H3,(H2,26,33)(H,29,32). The zero-order valence-electron chi connectivity index (χ0n) is 18.7. The van der Waals surface area contributed by atoms with Crippen LogP contribution >= 0.6 is 11.3 Å². The Morgan fingerprint density at radius 3 is 2.56 bits per heavy atom. The summed E-state index contributed by atoms with van der Waals surface area (Å²) in [5, 5.41) is 8.13. The van der Waals surface area contributed by atoms with Crippen molar-refractivity contribution >= 4 is 44.7 Å². The number of benzene rings is 2. The summed E-state index contributed by atoms with van der Waals surface area (Å²) in [6.07, 6.45) is 2.21. The van der Waals surface area contributed by atoms with E-state index in [1.54, 1.807) is 15.9 Å². The third-order valence-corrected chi connectivity index (χ3v) is 6.87. The molecule has 0 unspecified atom stereocenters. The Bertz CT molecular complexity index is 1520. The first-order valence-corrected chi connectivity index (χ1v) is 11.6. The third-order valence-electron chi connectivity index (χ3n) is 5.79. The fourth-order valence-electron chi connectivity index (χ4n) is 4.00. The lowest BCUT2D eigenvalue weighted by Gasteiger charge is -2.11. The number of nitrogens with one attached hydrogen (secondary N) is 1. The van der Waals surface area contributed by atoms with E-state index in [1.165, 1.54) is 6.20 Å². The number of nitrogens with two attached hydrogens (primary N) is 1. The number of primary amides is 1. The molecule has 0 spiro atoms. The van der Waals surface area contributed by atoms with Crippen LogP contribution in [0, 0.1) is 13.8 Å². The number of hydrogen-bond donors (Lipinski definition) is 2. The van der Waals surface area contributed by atoms with Gasteiger partial charge in [-0.15, -0.1) is 11.3 Å². The minimum absolute atomic E-state index is 0.0927. The average Bonchev–Trinajstić information content (AvgIpc) is 3.44. The molecule has 2 amide bonds. The second-order valence-electron chi connectivity index (χ2n) is 8.03. The highest BCUT2D eigenvalue weighted by molar-refractivity contribution is 7.21. The van der Waals surface area contributed by atoms with Gasteiger partial charge in [0.05, 0.1) is 16.4 Å². The van der Waals surface area contributed by atoms with Gasteiger partial charge in [0.25, 0.3) is 5.91 Å². The molecule has 5 rings (SSSR count). The summed E-state index contributed by atoms with van der Waals surface area (Å²) in [7, 11) is 0. The summed E-state index contributed by atoms with van der Waals surface area (Å²) >= 11 is 1.65. The molecule has 9 heteroatoms. The SMILES string of the molecule is Cc1nc2c(C(N)=O)cnn2c(C)c1CCC(=O)Nc1ccc(-c2nc3ccccc3s2)cc1. The molecule has 5 aromatic rings. The average molecular weight is 471 g/mol. The van der Waals surface area contributed by atoms with E-state index >= 15 is 0 Å². The molecule has 0 saturated carbocycles. The molecular formula is C25H22N6O2S. The highest BCUT2D eigenvalue weighted by Gasteiger charge is 2.17. The van der Waals surface area contributed by atoms with Crippen molar-refractivity contribution in [3.8, 4) is 10.6 Å². The van der Waals surface area contributed by atoms with Crippen LogP contribution in [0.4, 0.5) is 5.69 Å². The quantitative estimate of drug-likeness (QED) is 0.384. The number of para-hydroxylation sites is 1. The molecule has 34 heavy (non-hydrogen) atoms. The van der Waals surface area contributed by atoms with E-state index in [2.05, 4.69) is 26.4 Å². The Kier molecular flexibility index (Phi) is 5.54. The fraction of sp³-hybridized carbons (Fsp3) is 0.160. The fourth-order valence-corrected chi connectivity index (χ4v) is 4.97. The number of thiazole rings is 1. The minimum atomic E-state index is -0.567. The molecule has 0 bridgehead atoms. The van der Waals surface area contributed by atoms with Gasteiger partial charge in [0.15, 0.2) is 5.65 Å². The lowest BCUT2D eigenvalue weighted by molar-refractivity contribution is -0.116. The van der Waals surface area contributed by atoms with Crippen molar-refractivity contribution in [2.45, 2.75) is 26.7 Å². The van der Waals surface area contributed by atoms with Gasteiger partial charge in [0.1, 0.15) is 10.6 Å². The predicted molar refractivity (Wildman–Crippen MR) is 133 cm³/mol. The van der Waals surface area contributed by atoms with Crippen LogP contribution in [-0.2, 0) is 11.2 Å². The number of aryl methyl sites for hydroxylation is 2. The summed E-state index contributed by atoms with van der Waals surface area (Å²) in [6.45, 7) is 3.76. The summed E-state index contributed by atoms with van der Waals surface area (Å²) in [6, 6.07) is 15.8. The number of amides is 2. The lowest BCUT2D eigenvalue weighted by Crippen LogP contribution is -2.15. The van der Waals surface area contributed by atoms with Gasteiger partial charge in [-0.1, -0.05) is 12.1 Å². The molecule has 3 aromatic heterocycles. The largest absolute Gasteiger partial charge is 0.365 e. The van der Waals surface area contributed by atoms with Crippen molar-refractivity contribution < 1.29 is 9.59 Å². The van der Waals surface area contributed by atoms with E-state index in [0.29, 0.717) is 18.5 Å². The number of aromatic nitrogens is 4. The molecule has 170 valence electrons. The van der Waals surface area contributed by atoms with Crippen molar-refractivity contribution in [2.24, 2.45) is 5.73 Å². The molecule has 0 saturated heterocycles. The second-order valence-corrected chi connectivity index (χ2v) is 9.06. The van der Waals surface area contributed by atoms with E-state index < -0.39 is 5.91 Å². The second kappa shape index (κ2) is 8.68. The zero-order chi connectivity index (χ0) is 23.8. The van der Waals surface area contributed by atoms with Crippen molar-refractivity contribution in [3.05, 3.63) is 77.2 Å². The summed E-state index contributed by atoms with van der Waals surface area (Å²) in [4.78, 5) is 33.4. The minimum Gasteiger partial charge on any atom is -0.365 e. The van der Waals surface area contributed by atoms with E-state index in [9.17, 15) is 9.59 Å². The maximum atomic E-state index is 12.6. The van der Waals surface area contributed by atoms with Crippen molar-refractivity contribution in [1.82, 2.24) is 19.6 Å². The van der Waals surface area contributed by atoms with E-state index in [4.69, 9.17) is 5.73 Å². The van der Waals surface area contributed by atoms with Crippen LogP contribution in [0.15, 0.2) is 54.7 Å². The highest BCUT2D eigenvalue weighted by Crippen LogP contribution is 2.30. The molecule has 3 N–H and O–H groups in total. The Hall–Kier alpha value is -4.11. The molecule has 0 aliphatic heterocycles. The topological polar surface area (TPSA) is 115 Å². The first-order chi connectivity index (χ1) is 16.4. The van der Waals surface area contributed by atoms with Gasteiger partial charge in [0.2, 0.25) is 5.91 Å². The first kappa shape index (κ1) is 21.7. The van der Waals surface area contributed by atoms with Crippen LogP contribution in [0.2, 0.25) is 0 Å². The van der Waals surface area contributed by atoms with Gasteiger partial charge >= 0.3 is 0 Å². The number of carbonyl (C=O) groups is 2. The molecule has 2 aromatic carbocycles. The van der Waals surface area contributed by atoms with Gasteiger partial charge in [0, 0.05) is 29.1 Å². The van der Waals surface area contributed by atoms with Crippen LogP contribution in [0.3, 0.4) is 0 Å². The van der Waals surface area contributed by atoms with Gasteiger partial charge in [-0.2, -0.15) is 5.10 Å². The van der Waals surface area contributed by atoms with Crippen LogP contribution in [-0.4, -0.2) is 31.4 Å². The van der Waals surface area contributed by atoms with Gasteiger partial charge in [-0.25, -0.2) is 14.5 Å². The van der Waals surface area contributed by atoms with Gasteiger partial charge in [-0.05, 0) is 62.2 Å². The highest BCUT2D eigenvalue weighted by atomic mass is 32.1. The summed E-state index contributed by atoms with van der Waals surface area (Å²) in [5.41, 5.74) is 11.4. The number of anilines is 1. The zero-order valence-corrected chi connectivity index (χ0v) is 19.5. The number of hydrogen-bond acceptors (Lipinski definition) is 6. The summed E-state index contributed by atoms with van der Waals surface area (Å²) in [5.74, 6) is -0.660. The smallest absolute Gasteiger partial charge is 0.254 e. The van der Waals surface area contributed by atoms with Crippen molar-refractivity contribution in [3.63, 3.8) is 0 Å². The maximum absolute atomic E-state index is 12.6. The molecular weight excluding hydrogens is 448 g/mol. The number of nitrogens with zero attached hydrogens (tertiary/aromatic N) is 4. The van der Waals surface area contributed by atoms with Crippen LogP contribution in [0.5, 0.6) is 0 Å². The van der Waals surface area contributed by atoms with Gasteiger partial charge in [-0.3, -0.25) is 9.59 Å². The summed E-state index contributed by atoms with van der Waals surface area (Å²) < 4.78 is 2.75.